The predicted molar refractivity (Wildman–Crippen MR) is 68.9 cm³/mol. The molecular weight excluding hydrogens is 252 g/mol. The molecule has 5 nitrogen and oxygen atoms in total. The Kier molecular flexibility index (Phi) is 3.29. The fourth-order valence-corrected chi connectivity index (χ4v) is 2.27. The van der Waals surface area contributed by atoms with Gasteiger partial charge in [0.05, 0.1) is 0 Å². The fraction of sp³-hybridized carbons (Fsp3) is 0.250. The Labute approximate surface area is 109 Å². The molecule has 1 aromatic carbocycles. The van der Waals surface area contributed by atoms with Crippen LogP contribution in [0, 0.1) is 0 Å². The molecule has 18 heavy (non-hydrogen) atoms. The summed E-state index contributed by atoms with van der Waals surface area (Å²) in [4.78, 5) is 24.5. The number of hydrogen-bond acceptors (Lipinski definition) is 4. The summed E-state index contributed by atoms with van der Waals surface area (Å²) in [5.74, 6) is -0.376. The summed E-state index contributed by atoms with van der Waals surface area (Å²) in [5.41, 5.74) is 0.851. The third-order valence-electron chi connectivity index (χ3n) is 2.77. The summed E-state index contributed by atoms with van der Waals surface area (Å²) in [6, 6.07) is 5.89. The maximum atomic E-state index is 11.7. The maximum absolute atomic E-state index is 11.7. The van der Waals surface area contributed by atoms with Crippen LogP contribution in [0.4, 0.5) is 0 Å². The third kappa shape index (κ3) is 2.33. The second kappa shape index (κ2) is 4.73. The predicted octanol–water partition coefficient (Wildman–Crippen LogP) is 0.566. The van der Waals surface area contributed by atoms with Crippen molar-refractivity contribution in [3.63, 3.8) is 0 Å². The van der Waals surface area contributed by atoms with E-state index in [1.54, 1.807) is 24.3 Å². The molecule has 0 saturated carbocycles. The molecule has 1 heterocycles. The van der Waals surface area contributed by atoms with Crippen molar-refractivity contribution in [3.05, 3.63) is 29.8 Å². The van der Waals surface area contributed by atoms with Crippen molar-refractivity contribution in [3.8, 4) is 5.75 Å². The van der Waals surface area contributed by atoms with Crippen molar-refractivity contribution in [2.75, 3.05) is 0 Å². The van der Waals surface area contributed by atoms with Crippen LogP contribution in [-0.2, 0) is 16.0 Å². The normalized spacial score (nSPS) is 18.9. The second-order valence-corrected chi connectivity index (χ2v) is 4.46. The Morgan fingerprint density at radius 1 is 1.44 bits per heavy atom. The van der Waals surface area contributed by atoms with Gasteiger partial charge in [-0.05, 0) is 29.9 Å². The van der Waals surface area contributed by atoms with Gasteiger partial charge in [-0.25, -0.2) is 0 Å². The van der Waals surface area contributed by atoms with Crippen LogP contribution >= 0.6 is 12.2 Å². The zero-order valence-electron chi connectivity index (χ0n) is 9.71. The number of nitrogens with zero attached hydrogens (tertiary/aromatic N) is 1. The number of thiocarbonyl (C=S) groups is 1. The molecule has 0 aromatic heterocycles. The number of hydrogen-bond donors (Lipinski definition) is 2. The standard InChI is InChI=1S/C12H12N2O3S/c1-7(15)14-10(11(17)13-12(14)18)6-8-2-4-9(16)5-3-8/h2-5,10,16H,6H2,1H3,(H,13,17,18)/t10-/m0/s1. The topological polar surface area (TPSA) is 69.6 Å². The lowest BCUT2D eigenvalue weighted by molar-refractivity contribution is -0.131. The number of phenols is 1. The van der Waals surface area contributed by atoms with Crippen LogP contribution in [0.25, 0.3) is 0 Å². The van der Waals surface area contributed by atoms with Gasteiger partial charge < -0.3 is 10.4 Å². The smallest absolute Gasteiger partial charge is 0.249 e. The minimum Gasteiger partial charge on any atom is -0.508 e. The van der Waals surface area contributed by atoms with Crippen LogP contribution in [0.5, 0.6) is 5.75 Å². The summed E-state index contributed by atoms with van der Waals surface area (Å²) < 4.78 is 0. The van der Waals surface area contributed by atoms with E-state index in [0.29, 0.717) is 6.42 Å². The van der Waals surface area contributed by atoms with E-state index < -0.39 is 6.04 Å². The van der Waals surface area contributed by atoms with E-state index in [2.05, 4.69) is 5.32 Å². The maximum Gasteiger partial charge on any atom is 0.249 e. The number of amides is 2. The molecule has 1 saturated heterocycles. The van der Waals surface area contributed by atoms with Gasteiger partial charge >= 0.3 is 0 Å². The average molecular weight is 264 g/mol. The van der Waals surface area contributed by atoms with Gasteiger partial charge in [0.1, 0.15) is 11.8 Å². The number of carbonyl (C=O) groups is 2. The van der Waals surface area contributed by atoms with E-state index in [-0.39, 0.29) is 22.7 Å². The summed E-state index contributed by atoms with van der Waals surface area (Å²) in [7, 11) is 0. The molecule has 0 radical (unpaired) electrons. The SMILES string of the molecule is CC(=O)N1C(=S)NC(=O)[C@@H]1Cc1ccc(O)cc1. The summed E-state index contributed by atoms with van der Waals surface area (Å²) in [6.07, 6.45) is 0.367. The van der Waals surface area contributed by atoms with Crippen molar-refractivity contribution in [2.24, 2.45) is 0 Å². The highest BCUT2D eigenvalue weighted by Crippen LogP contribution is 2.17. The van der Waals surface area contributed by atoms with Crippen LogP contribution < -0.4 is 5.32 Å². The number of nitrogens with one attached hydrogen (secondary N) is 1. The van der Waals surface area contributed by atoms with Gasteiger partial charge in [0, 0.05) is 13.3 Å². The monoisotopic (exact) mass is 264 g/mol. The van der Waals surface area contributed by atoms with Crippen molar-refractivity contribution < 1.29 is 14.7 Å². The first kappa shape index (κ1) is 12.5. The van der Waals surface area contributed by atoms with Gasteiger partial charge in [0.25, 0.3) is 0 Å². The molecule has 1 aliphatic heterocycles. The third-order valence-corrected chi connectivity index (χ3v) is 3.07. The van der Waals surface area contributed by atoms with Gasteiger partial charge in [-0.15, -0.1) is 0 Å². The van der Waals surface area contributed by atoms with E-state index in [1.807, 2.05) is 0 Å². The molecule has 6 heteroatoms. The van der Waals surface area contributed by atoms with Crippen LogP contribution in [-0.4, -0.2) is 33.0 Å². The molecule has 1 aromatic rings. The van der Waals surface area contributed by atoms with E-state index in [1.165, 1.54) is 11.8 Å². The molecule has 0 unspecified atom stereocenters. The van der Waals surface area contributed by atoms with Crippen LogP contribution in [0.15, 0.2) is 24.3 Å². The Hall–Kier alpha value is -1.95. The summed E-state index contributed by atoms with van der Waals surface area (Å²) in [6.45, 7) is 1.37. The molecule has 2 N–H and O–H groups in total. The number of carbonyl (C=O) groups excluding carboxylic acids is 2. The van der Waals surface area contributed by atoms with E-state index in [0.717, 1.165) is 5.56 Å². The van der Waals surface area contributed by atoms with Gasteiger partial charge in [-0.2, -0.15) is 0 Å². The fourth-order valence-electron chi connectivity index (χ4n) is 1.91. The second-order valence-electron chi connectivity index (χ2n) is 4.07. The molecule has 0 spiro atoms. The molecule has 1 atom stereocenters. The molecule has 0 aliphatic carbocycles. The Morgan fingerprint density at radius 3 is 2.61 bits per heavy atom. The number of benzene rings is 1. The molecule has 94 valence electrons. The zero-order valence-corrected chi connectivity index (χ0v) is 10.5. The molecule has 1 fully saturated rings. The molecule has 0 bridgehead atoms. The molecular formula is C12H12N2O3S. The molecule has 2 rings (SSSR count). The van der Waals surface area contributed by atoms with E-state index in [4.69, 9.17) is 12.2 Å². The van der Waals surface area contributed by atoms with E-state index >= 15 is 0 Å². The van der Waals surface area contributed by atoms with Gasteiger partial charge in [-0.3, -0.25) is 14.5 Å². The number of phenolic OH excluding ortho intramolecular Hbond substituents is 1. The number of aromatic hydroxyl groups is 1. The van der Waals surface area contributed by atoms with Crippen molar-refractivity contribution in [1.82, 2.24) is 10.2 Å². The minimum atomic E-state index is -0.612. The lowest BCUT2D eigenvalue weighted by Crippen LogP contribution is -2.40. The Morgan fingerprint density at radius 2 is 2.06 bits per heavy atom. The molecule has 1 aliphatic rings. The Balaban J connectivity index is 2.21. The lowest BCUT2D eigenvalue weighted by atomic mass is 10.1. The molecule has 2 amide bonds. The number of rotatable bonds is 2. The van der Waals surface area contributed by atoms with Crippen LogP contribution in [0.3, 0.4) is 0 Å². The van der Waals surface area contributed by atoms with Crippen LogP contribution in [0.2, 0.25) is 0 Å². The van der Waals surface area contributed by atoms with Gasteiger partial charge in [-0.1, -0.05) is 12.1 Å². The van der Waals surface area contributed by atoms with Crippen molar-refractivity contribution in [1.29, 1.82) is 0 Å². The highest BCUT2D eigenvalue weighted by molar-refractivity contribution is 7.80. The van der Waals surface area contributed by atoms with Crippen molar-refractivity contribution in [2.45, 2.75) is 19.4 Å². The van der Waals surface area contributed by atoms with Crippen LogP contribution in [0.1, 0.15) is 12.5 Å². The first-order chi connectivity index (χ1) is 8.49. The quantitative estimate of drug-likeness (QED) is 0.766. The highest BCUT2D eigenvalue weighted by atomic mass is 32.1. The summed E-state index contributed by atoms with van der Waals surface area (Å²) in [5, 5.41) is 11.8. The first-order valence-corrected chi connectivity index (χ1v) is 5.82. The lowest BCUT2D eigenvalue weighted by Gasteiger charge is -2.19. The highest BCUT2D eigenvalue weighted by Gasteiger charge is 2.38. The Bertz CT molecular complexity index is 513. The minimum absolute atomic E-state index is 0.149. The largest absolute Gasteiger partial charge is 0.508 e. The first-order valence-electron chi connectivity index (χ1n) is 5.41. The van der Waals surface area contributed by atoms with Gasteiger partial charge in [0.15, 0.2) is 5.11 Å². The zero-order chi connectivity index (χ0) is 13.3. The van der Waals surface area contributed by atoms with E-state index in [9.17, 15) is 14.7 Å². The summed E-state index contributed by atoms with van der Waals surface area (Å²) >= 11 is 4.94. The van der Waals surface area contributed by atoms with Crippen molar-refractivity contribution >= 4 is 29.1 Å². The van der Waals surface area contributed by atoms with Gasteiger partial charge in [0.2, 0.25) is 11.8 Å². The average Bonchev–Trinajstić information content (AvgIpc) is 2.57.